The average Bonchev–Trinajstić information content (AvgIpc) is 3.15. The van der Waals surface area contributed by atoms with Crippen molar-refractivity contribution < 1.29 is 18.4 Å². The lowest BCUT2D eigenvalue weighted by atomic mass is 10.3. The van der Waals surface area contributed by atoms with Crippen molar-refractivity contribution in [1.82, 2.24) is 14.8 Å². The number of carbonyl (C=O) groups excluding carboxylic acids is 1. The predicted molar refractivity (Wildman–Crippen MR) is 87.6 cm³/mol. The van der Waals surface area contributed by atoms with Crippen LogP contribution >= 0.6 is 0 Å². The molecule has 0 N–H and O–H groups in total. The number of amides is 1. The normalized spacial score (nSPS) is 15.7. The Bertz CT molecular complexity index is 699. The third kappa shape index (κ3) is 3.62. The summed E-state index contributed by atoms with van der Waals surface area (Å²) >= 11 is 0. The quantitative estimate of drug-likeness (QED) is 0.857. The molecule has 1 fully saturated rings. The first-order valence-electron chi connectivity index (χ1n) is 8.24. The highest BCUT2D eigenvalue weighted by Crippen LogP contribution is 2.24. The topological polar surface area (TPSA) is 72.0 Å². The Morgan fingerprint density at radius 3 is 2.58 bits per heavy atom. The van der Waals surface area contributed by atoms with Crippen LogP contribution in [0.1, 0.15) is 24.1 Å². The number of ether oxygens (including phenoxy) is 1. The second kappa shape index (κ2) is 7.09. The molecule has 2 aromatic rings. The first-order chi connectivity index (χ1) is 11.6. The van der Waals surface area contributed by atoms with E-state index in [2.05, 4.69) is 9.88 Å². The van der Waals surface area contributed by atoms with Gasteiger partial charge in [-0.3, -0.25) is 4.90 Å². The minimum Gasteiger partial charge on any atom is -0.456 e. The Hall–Kier alpha value is -2.28. The van der Waals surface area contributed by atoms with Crippen LogP contribution in [-0.2, 0) is 11.3 Å². The summed E-state index contributed by atoms with van der Waals surface area (Å²) in [6, 6.07) is 3.76. The van der Waals surface area contributed by atoms with Gasteiger partial charge in [0.2, 0.25) is 0 Å². The van der Waals surface area contributed by atoms with Gasteiger partial charge < -0.3 is 18.5 Å². The molecule has 7 heteroatoms. The summed E-state index contributed by atoms with van der Waals surface area (Å²) in [4.78, 5) is 20.3. The van der Waals surface area contributed by atoms with Crippen molar-refractivity contribution in [3.05, 3.63) is 29.3 Å². The molecule has 3 rings (SSSR count). The number of aryl methyl sites for hydroxylation is 2. The van der Waals surface area contributed by atoms with Gasteiger partial charge in [0.25, 0.3) is 5.89 Å². The standard InChI is InChI=1S/C17H23N3O4/c1-4-22-17(21)20-9-7-19(8-10-20)11-14-13(3)24-16(18-14)15-6-5-12(2)23-15/h5-6H,4,7-11H2,1-3H3. The molecule has 130 valence electrons. The molecule has 0 aromatic carbocycles. The van der Waals surface area contributed by atoms with Gasteiger partial charge in [0.15, 0.2) is 5.76 Å². The molecule has 0 atom stereocenters. The number of rotatable bonds is 4. The second-order valence-corrected chi connectivity index (χ2v) is 5.89. The molecule has 1 saturated heterocycles. The summed E-state index contributed by atoms with van der Waals surface area (Å²) in [5, 5.41) is 0. The molecule has 0 spiro atoms. The van der Waals surface area contributed by atoms with Gasteiger partial charge in [0, 0.05) is 32.7 Å². The smallest absolute Gasteiger partial charge is 0.409 e. The molecule has 0 saturated carbocycles. The SMILES string of the molecule is CCOC(=O)N1CCN(Cc2nc(-c3ccc(C)o3)oc2C)CC1. The van der Waals surface area contributed by atoms with Crippen LogP contribution in [0.3, 0.4) is 0 Å². The van der Waals surface area contributed by atoms with E-state index in [0.29, 0.717) is 37.9 Å². The van der Waals surface area contributed by atoms with E-state index >= 15 is 0 Å². The Morgan fingerprint density at radius 2 is 1.96 bits per heavy atom. The van der Waals surface area contributed by atoms with Crippen molar-refractivity contribution >= 4 is 6.09 Å². The van der Waals surface area contributed by atoms with Crippen LogP contribution in [0.4, 0.5) is 4.79 Å². The van der Waals surface area contributed by atoms with Crippen molar-refractivity contribution in [1.29, 1.82) is 0 Å². The lowest BCUT2D eigenvalue weighted by Gasteiger charge is -2.33. The fraction of sp³-hybridized carbons (Fsp3) is 0.529. The lowest BCUT2D eigenvalue weighted by Crippen LogP contribution is -2.48. The molecule has 0 aliphatic carbocycles. The Balaban J connectivity index is 1.59. The van der Waals surface area contributed by atoms with E-state index in [4.69, 9.17) is 13.6 Å². The summed E-state index contributed by atoms with van der Waals surface area (Å²) in [5.41, 5.74) is 0.906. The Labute approximate surface area is 141 Å². The van der Waals surface area contributed by atoms with Crippen LogP contribution < -0.4 is 0 Å². The fourth-order valence-electron chi connectivity index (χ4n) is 2.74. The van der Waals surface area contributed by atoms with E-state index in [1.165, 1.54) is 0 Å². The van der Waals surface area contributed by atoms with Crippen molar-refractivity contribution in [2.24, 2.45) is 0 Å². The molecule has 3 heterocycles. The van der Waals surface area contributed by atoms with E-state index in [0.717, 1.165) is 30.3 Å². The molecule has 7 nitrogen and oxygen atoms in total. The number of hydrogen-bond donors (Lipinski definition) is 0. The Kier molecular flexibility index (Phi) is 4.89. The van der Waals surface area contributed by atoms with Crippen molar-refractivity contribution in [2.45, 2.75) is 27.3 Å². The highest BCUT2D eigenvalue weighted by molar-refractivity contribution is 5.67. The molecule has 0 radical (unpaired) electrons. The predicted octanol–water partition coefficient (Wildman–Crippen LogP) is 2.83. The molecule has 0 bridgehead atoms. The van der Waals surface area contributed by atoms with Gasteiger partial charge in [0.05, 0.1) is 12.3 Å². The van der Waals surface area contributed by atoms with Gasteiger partial charge in [0.1, 0.15) is 11.5 Å². The van der Waals surface area contributed by atoms with E-state index in [1.807, 2.05) is 32.9 Å². The minimum absolute atomic E-state index is 0.231. The van der Waals surface area contributed by atoms with Crippen LogP contribution in [0.2, 0.25) is 0 Å². The first kappa shape index (κ1) is 16.6. The van der Waals surface area contributed by atoms with E-state index in [1.54, 1.807) is 4.90 Å². The van der Waals surface area contributed by atoms with Gasteiger partial charge in [-0.15, -0.1) is 0 Å². The maximum absolute atomic E-state index is 11.7. The lowest BCUT2D eigenvalue weighted by molar-refractivity contribution is 0.0774. The third-order valence-corrected chi connectivity index (χ3v) is 4.12. The molecule has 1 aliphatic heterocycles. The van der Waals surface area contributed by atoms with Gasteiger partial charge in [-0.25, -0.2) is 9.78 Å². The maximum atomic E-state index is 11.7. The van der Waals surface area contributed by atoms with Crippen LogP contribution in [0.25, 0.3) is 11.7 Å². The third-order valence-electron chi connectivity index (χ3n) is 4.12. The maximum Gasteiger partial charge on any atom is 0.409 e. The number of hydrogen-bond acceptors (Lipinski definition) is 6. The van der Waals surface area contributed by atoms with Crippen molar-refractivity contribution in [2.75, 3.05) is 32.8 Å². The molecule has 1 aliphatic rings. The number of furan rings is 1. The molecule has 2 aromatic heterocycles. The van der Waals surface area contributed by atoms with Crippen LogP contribution in [0, 0.1) is 13.8 Å². The average molecular weight is 333 g/mol. The fourth-order valence-corrected chi connectivity index (χ4v) is 2.74. The van der Waals surface area contributed by atoms with Gasteiger partial charge in [-0.05, 0) is 32.9 Å². The van der Waals surface area contributed by atoms with Gasteiger partial charge in [-0.1, -0.05) is 0 Å². The molecule has 24 heavy (non-hydrogen) atoms. The molecular weight excluding hydrogens is 310 g/mol. The first-order valence-corrected chi connectivity index (χ1v) is 8.24. The van der Waals surface area contributed by atoms with Gasteiger partial charge in [-0.2, -0.15) is 0 Å². The largest absolute Gasteiger partial charge is 0.456 e. The second-order valence-electron chi connectivity index (χ2n) is 5.89. The molecule has 1 amide bonds. The zero-order chi connectivity index (χ0) is 17.1. The minimum atomic E-state index is -0.231. The zero-order valence-electron chi connectivity index (χ0n) is 14.4. The monoisotopic (exact) mass is 333 g/mol. The molecule has 0 unspecified atom stereocenters. The van der Waals surface area contributed by atoms with Crippen LogP contribution in [0.15, 0.2) is 21.0 Å². The summed E-state index contributed by atoms with van der Waals surface area (Å²) < 4.78 is 16.3. The summed E-state index contributed by atoms with van der Waals surface area (Å²) in [5.74, 6) is 2.79. The van der Waals surface area contributed by atoms with Crippen molar-refractivity contribution in [3.63, 3.8) is 0 Å². The Morgan fingerprint density at radius 1 is 1.21 bits per heavy atom. The number of nitrogens with zero attached hydrogens (tertiary/aromatic N) is 3. The van der Waals surface area contributed by atoms with E-state index < -0.39 is 0 Å². The summed E-state index contributed by atoms with van der Waals surface area (Å²) in [7, 11) is 0. The number of carbonyl (C=O) groups is 1. The summed E-state index contributed by atoms with van der Waals surface area (Å²) in [6.45, 7) is 9.65. The highest BCUT2D eigenvalue weighted by atomic mass is 16.6. The van der Waals surface area contributed by atoms with E-state index in [9.17, 15) is 4.79 Å². The number of aromatic nitrogens is 1. The zero-order valence-corrected chi connectivity index (χ0v) is 14.4. The number of piperazine rings is 1. The van der Waals surface area contributed by atoms with E-state index in [-0.39, 0.29) is 6.09 Å². The molecular formula is C17H23N3O4. The van der Waals surface area contributed by atoms with Crippen LogP contribution in [0.5, 0.6) is 0 Å². The van der Waals surface area contributed by atoms with Crippen molar-refractivity contribution in [3.8, 4) is 11.7 Å². The van der Waals surface area contributed by atoms with Gasteiger partial charge >= 0.3 is 6.09 Å². The highest BCUT2D eigenvalue weighted by Gasteiger charge is 2.23. The van der Waals surface area contributed by atoms with Crippen LogP contribution in [-0.4, -0.2) is 53.7 Å². The summed E-state index contributed by atoms with van der Waals surface area (Å²) in [6.07, 6.45) is -0.231. The number of oxazole rings is 1.